The lowest BCUT2D eigenvalue weighted by atomic mass is 9.76. The van der Waals surface area contributed by atoms with E-state index in [-0.39, 0.29) is 5.78 Å². The summed E-state index contributed by atoms with van der Waals surface area (Å²) in [5, 5.41) is 3.72. The Morgan fingerprint density at radius 3 is 2.65 bits per heavy atom. The minimum Gasteiger partial charge on any atom is -0.378 e. The number of anilines is 1. The molecular weight excluding hydrogens is 282 g/mol. The van der Waals surface area contributed by atoms with Gasteiger partial charge in [0.05, 0.1) is 6.04 Å². The van der Waals surface area contributed by atoms with Gasteiger partial charge in [-0.2, -0.15) is 0 Å². The first-order chi connectivity index (χ1) is 11.1. The van der Waals surface area contributed by atoms with Gasteiger partial charge in [-0.05, 0) is 55.5 Å². The summed E-state index contributed by atoms with van der Waals surface area (Å²) in [6.45, 7) is 3.76. The number of rotatable bonds is 2. The van der Waals surface area contributed by atoms with Crippen molar-refractivity contribution in [2.24, 2.45) is 5.92 Å². The van der Waals surface area contributed by atoms with Crippen LogP contribution in [-0.4, -0.2) is 5.78 Å². The maximum Gasteiger partial charge on any atom is 0.159 e. The van der Waals surface area contributed by atoms with E-state index in [4.69, 9.17) is 0 Å². The molecule has 1 aliphatic heterocycles. The standard InChI is InChI=1S/C21H21NO/c1-13-6-8-15(9-7-13)21-18-5-3-4-17(18)19-12-16(14(2)23)10-11-20(19)22-21/h3-4,6-12,17-18,21-22H,5H2,1-2H3/t17-,18-,21+/m1/s1. The third-order valence-electron chi connectivity index (χ3n) is 5.21. The van der Waals surface area contributed by atoms with Gasteiger partial charge < -0.3 is 5.32 Å². The van der Waals surface area contributed by atoms with Crippen LogP contribution >= 0.6 is 0 Å². The molecule has 2 aromatic carbocycles. The number of nitrogens with one attached hydrogen (secondary N) is 1. The fourth-order valence-corrected chi connectivity index (χ4v) is 3.92. The first-order valence-electron chi connectivity index (χ1n) is 8.28. The van der Waals surface area contributed by atoms with Crippen LogP contribution in [0.15, 0.2) is 54.6 Å². The van der Waals surface area contributed by atoms with Crippen molar-refractivity contribution >= 4 is 11.5 Å². The summed E-state index contributed by atoms with van der Waals surface area (Å²) >= 11 is 0. The van der Waals surface area contributed by atoms with Gasteiger partial charge in [0, 0.05) is 17.2 Å². The van der Waals surface area contributed by atoms with Crippen molar-refractivity contribution in [2.45, 2.75) is 32.2 Å². The summed E-state index contributed by atoms with van der Waals surface area (Å²) in [7, 11) is 0. The zero-order valence-electron chi connectivity index (χ0n) is 13.5. The highest BCUT2D eigenvalue weighted by Crippen LogP contribution is 2.49. The minimum absolute atomic E-state index is 0.131. The molecule has 23 heavy (non-hydrogen) atoms. The van der Waals surface area contributed by atoms with E-state index in [1.54, 1.807) is 6.92 Å². The molecule has 2 aromatic rings. The Hall–Kier alpha value is -2.35. The van der Waals surface area contributed by atoms with Crippen LogP contribution in [0.3, 0.4) is 0 Å². The smallest absolute Gasteiger partial charge is 0.159 e. The Labute approximate surface area is 137 Å². The van der Waals surface area contributed by atoms with Gasteiger partial charge >= 0.3 is 0 Å². The average molecular weight is 303 g/mol. The Morgan fingerprint density at radius 1 is 1.13 bits per heavy atom. The van der Waals surface area contributed by atoms with E-state index in [1.165, 1.54) is 16.7 Å². The molecule has 2 nitrogen and oxygen atoms in total. The largest absolute Gasteiger partial charge is 0.378 e. The zero-order chi connectivity index (χ0) is 16.0. The molecule has 0 bridgehead atoms. The van der Waals surface area contributed by atoms with Crippen LogP contribution < -0.4 is 5.32 Å². The zero-order valence-corrected chi connectivity index (χ0v) is 13.5. The second-order valence-corrected chi connectivity index (χ2v) is 6.74. The molecule has 0 aromatic heterocycles. The molecule has 0 fully saturated rings. The van der Waals surface area contributed by atoms with Crippen LogP contribution in [0.2, 0.25) is 0 Å². The van der Waals surface area contributed by atoms with Crippen LogP contribution in [0, 0.1) is 12.8 Å². The minimum atomic E-state index is 0.131. The SMILES string of the molecule is CC(=O)c1ccc2c(c1)[C@@H]1C=CC[C@H]1[C@H](c1ccc(C)cc1)N2. The number of carbonyl (C=O) groups excluding carboxylic acids is 1. The third kappa shape index (κ3) is 2.39. The van der Waals surface area contributed by atoms with Gasteiger partial charge in [-0.1, -0.05) is 42.0 Å². The van der Waals surface area contributed by atoms with Crippen LogP contribution in [0.5, 0.6) is 0 Å². The topological polar surface area (TPSA) is 29.1 Å². The monoisotopic (exact) mass is 303 g/mol. The van der Waals surface area contributed by atoms with Crippen LogP contribution in [0.1, 0.15) is 52.4 Å². The predicted molar refractivity (Wildman–Crippen MR) is 94.0 cm³/mol. The van der Waals surface area contributed by atoms with Crippen LogP contribution in [-0.2, 0) is 0 Å². The van der Waals surface area contributed by atoms with E-state index in [0.29, 0.717) is 17.9 Å². The fourth-order valence-electron chi connectivity index (χ4n) is 3.92. The highest BCUT2D eigenvalue weighted by molar-refractivity contribution is 5.95. The maximum absolute atomic E-state index is 11.7. The first-order valence-corrected chi connectivity index (χ1v) is 8.28. The number of fused-ring (bicyclic) bond motifs is 3. The molecule has 1 N–H and O–H groups in total. The molecule has 2 heteroatoms. The Balaban J connectivity index is 1.77. The van der Waals surface area contributed by atoms with Gasteiger partial charge in [-0.25, -0.2) is 0 Å². The molecule has 0 amide bonds. The molecule has 0 spiro atoms. The number of aryl methyl sites for hydroxylation is 1. The number of hydrogen-bond acceptors (Lipinski definition) is 2. The number of Topliss-reactive ketones (excluding diaryl/α,β-unsaturated/α-hetero) is 1. The van der Waals surface area contributed by atoms with Crippen molar-refractivity contribution in [3.63, 3.8) is 0 Å². The molecule has 1 heterocycles. The summed E-state index contributed by atoms with van der Waals surface area (Å²) in [5.41, 5.74) is 5.86. The summed E-state index contributed by atoms with van der Waals surface area (Å²) in [5.74, 6) is 1.05. The van der Waals surface area contributed by atoms with Gasteiger partial charge in [-0.15, -0.1) is 0 Å². The van der Waals surface area contributed by atoms with Crippen LogP contribution in [0.4, 0.5) is 5.69 Å². The van der Waals surface area contributed by atoms with E-state index in [9.17, 15) is 4.79 Å². The van der Waals surface area contributed by atoms with Gasteiger partial charge in [0.25, 0.3) is 0 Å². The summed E-state index contributed by atoms with van der Waals surface area (Å²) in [4.78, 5) is 11.7. The predicted octanol–water partition coefficient (Wildman–Crippen LogP) is 5.02. The molecule has 0 unspecified atom stereocenters. The van der Waals surface area contributed by atoms with Crippen molar-refractivity contribution < 1.29 is 4.79 Å². The highest BCUT2D eigenvalue weighted by atomic mass is 16.1. The number of benzene rings is 2. The van der Waals surface area contributed by atoms with Gasteiger partial charge in [0.2, 0.25) is 0 Å². The van der Waals surface area contributed by atoms with E-state index in [0.717, 1.165) is 17.7 Å². The van der Waals surface area contributed by atoms with Gasteiger partial charge in [0.1, 0.15) is 0 Å². The van der Waals surface area contributed by atoms with Crippen molar-refractivity contribution in [3.8, 4) is 0 Å². The summed E-state index contributed by atoms with van der Waals surface area (Å²) in [6.07, 6.45) is 5.68. The fraction of sp³-hybridized carbons (Fsp3) is 0.286. The lowest BCUT2D eigenvalue weighted by Gasteiger charge is -2.37. The molecule has 0 saturated carbocycles. The maximum atomic E-state index is 11.7. The Morgan fingerprint density at radius 2 is 1.91 bits per heavy atom. The molecule has 4 rings (SSSR count). The Bertz CT molecular complexity index is 788. The van der Waals surface area contributed by atoms with Crippen molar-refractivity contribution in [3.05, 3.63) is 76.9 Å². The second-order valence-electron chi connectivity index (χ2n) is 6.74. The third-order valence-corrected chi connectivity index (χ3v) is 5.21. The van der Waals surface area contributed by atoms with E-state index < -0.39 is 0 Å². The lowest BCUT2D eigenvalue weighted by molar-refractivity contribution is 0.101. The molecule has 1 aliphatic carbocycles. The van der Waals surface area contributed by atoms with Gasteiger partial charge in [0.15, 0.2) is 5.78 Å². The van der Waals surface area contributed by atoms with Crippen molar-refractivity contribution in [1.29, 1.82) is 0 Å². The molecular formula is C21H21NO. The number of carbonyl (C=O) groups is 1. The number of allylic oxidation sites excluding steroid dienone is 2. The summed E-state index contributed by atoms with van der Waals surface area (Å²) in [6, 6.07) is 15.2. The molecule has 3 atom stereocenters. The quantitative estimate of drug-likeness (QED) is 0.623. The normalized spacial score (nSPS) is 24.7. The van der Waals surface area contributed by atoms with E-state index >= 15 is 0 Å². The second kappa shape index (κ2) is 5.38. The number of hydrogen-bond donors (Lipinski definition) is 1. The van der Waals surface area contributed by atoms with Gasteiger partial charge in [-0.3, -0.25) is 4.79 Å². The lowest BCUT2D eigenvalue weighted by Crippen LogP contribution is -2.29. The average Bonchev–Trinajstić information content (AvgIpc) is 3.04. The van der Waals surface area contributed by atoms with Crippen molar-refractivity contribution in [2.75, 3.05) is 5.32 Å². The molecule has 2 aliphatic rings. The summed E-state index contributed by atoms with van der Waals surface area (Å²) < 4.78 is 0. The molecule has 0 radical (unpaired) electrons. The van der Waals surface area contributed by atoms with Crippen LogP contribution in [0.25, 0.3) is 0 Å². The van der Waals surface area contributed by atoms with E-state index in [1.807, 2.05) is 6.07 Å². The van der Waals surface area contributed by atoms with Crippen molar-refractivity contribution in [1.82, 2.24) is 0 Å². The van der Waals surface area contributed by atoms with E-state index in [2.05, 4.69) is 60.8 Å². The molecule has 116 valence electrons. The first kappa shape index (κ1) is 14.3. The Kier molecular flexibility index (Phi) is 3.33. The molecule has 0 saturated heterocycles. The number of ketones is 1. The highest BCUT2D eigenvalue weighted by Gasteiger charge is 2.37.